The first-order valence-corrected chi connectivity index (χ1v) is 27.4. The van der Waals surface area contributed by atoms with Crippen LogP contribution >= 0.6 is 0 Å². The van der Waals surface area contributed by atoms with Crippen molar-refractivity contribution in [2.75, 3.05) is 31.3 Å². The second kappa shape index (κ2) is 36.0. The molecule has 9 aromatic rings. The zero-order chi connectivity index (χ0) is 62.4. The number of hydrogen-bond acceptors (Lipinski definition) is 19. The summed E-state index contributed by atoms with van der Waals surface area (Å²) in [6, 6.07) is 46.5. The number of rotatable bonds is 19. The number of carbonyl (C=O) groups is 4. The van der Waals surface area contributed by atoms with Crippen molar-refractivity contribution in [2.24, 2.45) is 0 Å². The quantitative estimate of drug-likeness (QED) is 0.0158. The van der Waals surface area contributed by atoms with E-state index in [0.717, 1.165) is 11.1 Å². The number of carbonyl (C=O) groups excluding carboxylic acids is 4. The van der Waals surface area contributed by atoms with E-state index in [1.165, 1.54) is 9.13 Å². The largest absolute Gasteiger partial charge is 1.00 e. The zero-order valence-electron chi connectivity index (χ0n) is 51.6. The fourth-order valence-corrected chi connectivity index (χ4v) is 8.79. The predicted molar refractivity (Wildman–Crippen MR) is 325 cm³/mol. The number of para-hydroxylation sites is 4. The van der Waals surface area contributed by atoms with Gasteiger partial charge in [0.2, 0.25) is 5.91 Å². The summed E-state index contributed by atoms with van der Waals surface area (Å²) in [4.78, 5) is 83.5. The average Bonchev–Trinajstić information content (AvgIpc) is 1.63. The molecule has 448 valence electrons. The molecule has 6 aromatic carbocycles. The number of nitrogens with zero attached hydrogens (tertiary/aromatic N) is 7. The maximum absolute atomic E-state index is 13.9. The molecular weight excluding hydrogens is 1190 g/mol. The normalized spacial score (nSPS) is 10.7. The molecular formula is C65H63K2N9O13. The molecule has 89 heavy (non-hydrogen) atoms. The number of anilines is 2. The third kappa shape index (κ3) is 18.6. The number of fused-ring (bicyclic) bond motifs is 2. The van der Waals surface area contributed by atoms with Gasteiger partial charge in [-0.2, -0.15) is 0 Å². The molecule has 1 aliphatic rings. The smallest absolute Gasteiger partial charge is 1.00 e. The summed E-state index contributed by atoms with van der Waals surface area (Å²) < 4.78 is 34.9. The van der Waals surface area contributed by atoms with Crippen molar-refractivity contribution in [1.29, 1.82) is 10.8 Å². The van der Waals surface area contributed by atoms with Crippen molar-refractivity contribution >= 4 is 58.8 Å². The van der Waals surface area contributed by atoms with Crippen molar-refractivity contribution in [2.45, 2.75) is 54.5 Å². The van der Waals surface area contributed by atoms with Gasteiger partial charge in [-0.1, -0.05) is 92.7 Å². The van der Waals surface area contributed by atoms with Gasteiger partial charge in [0.15, 0.2) is 17.3 Å². The Kier molecular flexibility index (Phi) is 29.1. The van der Waals surface area contributed by atoms with E-state index in [4.69, 9.17) is 64.2 Å². The molecule has 1 amide bonds. The van der Waals surface area contributed by atoms with Crippen LogP contribution in [0.15, 0.2) is 175 Å². The Balaban J connectivity index is 0.000000344. The van der Waals surface area contributed by atoms with Gasteiger partial charge < -0.3 is 40.0 Å². The molecule has 0 bridgehead atoms. The molecule has 0 fully saturated rings. The van der Waals surface area contributed by atoms with Crippen molar-refractivity contribution < 1.29 is 162 Å². The number of nitrogens with one attached hydrogen (secondary N) is 2. The third-order valence-electron chi connectivity index (χ3n) is 12.6. The molecule has 0 aliphatic carbocycles. The summed E-state index contributed by atoms with van der Waals surface area (Å²) in [5.41, 5.74) is 5.38. The Morgan fingerprint density at radius 1 is 0.618 bits per heavy atom. The van der Waals surface area contributed by atoms with Gasteiger partial charge in [0.1, 0.15) is 53.2 Å². The summed E-state index contributed by atoms with van der Waals surface area (Å²) in [7, 11) is 0. The summed E-state index contributed by atoms with van der Waals surface area (Å²) >= 11 is 0. The van der Waals surface area contributed by atoms with Gasteiger partial charge in [0.25, 0.3) is 6.47 Å². The Morgan fingerprint density at radius 3 is 1.52 bits per heavy atom. The fourth-order valence-electron chi connectivity index (χ4n) is 8.79. The van der Waals surface area contributed by atoms with Gasteiger partial charge >= 0.3 is 121 Å². The Labute approximate surface area is 600 Å². The SMILES string of the molecule is C=CCn1c(=O)n(-c2ccccc2C)c2nc(-c3ccc(OCC)cc3)nc(C(=N)COC(=O)Oc3ccccc3)c21.CC.CCOc1ccc(-c2nc(C(=N)COC(=O)Oc3ccccc3)c3c(n2)N(c2ccccc2C)C(=O)C3)cc1.O=CO[O-].[H-].[K+].[K+]. The summed E-state index contributed by atoms with van der Waals surface area (Å²) in [6.07, 6.45) is -0.311. The molecule has 0 unspecified atom stereocenters. The Hall–Kier alpha value is -7.86. The van der Waals surface area contributed by atoms with Crippen molar-refractivity contribution in [3.63, 3.8) is 0 Å². The first kappa shape index (κ1) is 71.9. The predicted octanol–water partition coefficient (Wildman–Crippen LogP) is 4.96. The summed E-state index contributed by atoms with van der Waals surface area (Å²) in [5.74, 6) is 2.87. The van der Waals surface area contributed by atoms with Crippen LogP contribution < -0.4 is 138 Å². The van der Waals surface area contributed by atoms with E-state index in [1.807, 2.05) is 126 Å². The molecule has 0 atom stereocenters. The number of aryl methyl sites for hydroxylation is 2. The molecule has 0 saturated carbocycles. The molecule has 0 spiro atoms. The van der Waals surface area contributed by atoms with Gasteiger partial charge in [0, 0.05) is 23.2 Å². The van der Waals surface area contributed by atoms with Crippen LogP contribution in [-0.2, 0) is 36.9 Å². The molecule has 0 saturated heterocycles. The van der Waals surface area contributed by atoms with E-state index < -0.39 is 25.5 Å². The van der Waals surface area contributed by atoms with Gasteiger partial charge in [-0.25, -0.2) is 38.9 Å². The molecule has 0 radical (unpaired) electrons. The molecule has 4 heterocycles. The maximum atomic E-state index is 13.9. The van der Waals surface area contributed by atoms with E-state index in [1.54, 1.807) is 83.8 Å². The van der Waals surface area contributed by atoms with E-state index in [9.17, 15) is 19.2 Å². The van der Waals surface area contributed by atoms with Gasteiger partial charge in [-0.3, -0.25) is 29.9 Å². The first-order valence-electron chi connectivity index (χ1n) is 27.4. The minimum atomic E-state index is -0.969. The minimum absolute atomic E-state index is 0. The third-order valence-corrected chi connectivity index (χ3v) is 12.6. The standard InChI is InChI=1S/C32H29N5O5.C30H26N4O5.C2H6.CH2O3.2K.H/c1-4-19-36-28-27(25(33)20-41-32(39)42-24-12-7-6-8-13-24)34-29(22-15-17-23(18-16-22)40-5-2)35-30(28)37(31(36)38)26-14-10-9-11-21(26)3;1-3-37-21-15-13-20(14-16-21)28-32-27(24(31)18-38-30(36)39-22-10-5-4-6-11-22)23-17-26(35)34(29(23)33-28)25-12-8-7-9-19(25)2;1-2;2-1-4-3;;;/h4,6-18,33H,1,5,19-20H2,2-3H3;4-16,31H,3,17-18H2,1-2H3;1-2H3;1,3H;;;/q;;;;2*+1;-1/p-1. The topological polar surface area (TPSA) is 285 Å². The molecule has 2 N–H and O–H groups in total. The fraction of sp³-hybridized carbons (Fsp3) is 0.185. The van der Waals surface area contributed by atoms with Crippen LogP contribution in [0, 0.1) is 24.7 Å². The van der Waals surface area contributed by atoms with Gasteiger partial charge in [0.05, 0.1) is 48.1 Å². The second-order valence-corrected chi connectivity index (χ2v) is 18.2. The van der Waals surface area contributed by atoms with Crippen LogP contribution in [0.5, 0.6) is 23.0 Å². The number of hydrogen-bond donors (Lipinski definition) is 2. The average molecular weight is 1260 g/mol. The summed E-state index contributed by atoms with van der Waals surface area (Å²) in [6.45, 7) is 15.6. The maximum Gasteiger partial charge on any atom is 1.00 e. The number of ether oxygens (including phenoxy) is 6. The molecule has 1 aliphatic heterocycles. The zero-order valence-corrected chi connectivity index (χ0v) is 56.8. The molecule has 3 aromatic heterocycles. The van der Waals surface area contributed by atoms with Gasteiger partial charge in [-0.15, -0.1) is 6.58 Å². The molecule has 22 nitrogen and oxygen atoms in total. The van der Waals surface area contributed by atoms with Crippen LogP contribution in [0.3, 0.4) is 0 Å². The van der Waals surface area contributed by atoms with Crippen LogP contribution in [0.2, 0.25) is 0 Å². The van der Waals surface area contributed by atoms with E-state index in [2.05, 4.69) is 16.5 Å². The monoisotopic (exact) mass is 1260 g/mol. The van der Waals surface area contributed by atoms with Crippen LogP contribution in [0.25, 0.3) is 39.6 Å². The molecule has 24 heteroatoms. The second-order valence-electron chi connectivity index (χ2n) is 18.2. The Bertz CT molecular complexity index is 3970. The number of benzene rings is 6. The number of amides is 1. The van der Waals surface area contributed by atoms with E-state index in [-0.39, 0.29) is 164 Å². The van der Waals surface area contributed by atoms with Crippen LogP contribution in [0.1, 0.15) is 57.2 Å². The van der Waals surface area contributed by atoms with Crippen molar-refractivity contribution in [3.05, 3.63) is 209 Å². The van der Waals surface area contributed by atoms with Crippen molar-refractivity contribution in [1.82, 2.24) is 29.1 Å². The van der Waals surface area contributed by atoms with Crippen LogP contribution in [-0.4, -0.2) is 91.6 Å². The first-order chi connectivity index (χ1) is 42.3. The molecule has 10 rings (SSSR count). The van der Waals surface area contributed by atoms with Crippen LogP contribution in [0.4, 0.5) is 21.1 Å². The minimum Gasteiger partial charge on any atom is -1.00 e. The number of aromatic nitrogens is 6. The van der Waals surface area contributed by atoms with E-state index in [0.29, 0.717) is 87.1 Å². The number of allylic oxidation sites excluding steroid dienone is 1. The Morgan fingerprint density at radius 2 is 1.06 bits per heavy atom. The van der Waals surface area contributed by atoms with Crippen molar-refractivity contribution in [3.8, 4) is 51.5 Å². The van der Waals surface area contributed by atoms with E-state index >= 15 is 0 Å². The summed E-state index contributed by atoms with van der Waals surface area (Å²) in [5, 5.41) is 26.1. The number of imidazole rings is 1. The van der Waals surface area contributed by atoms with Gasteiger partial charge in [-0.05, 0) is 124 Å².